The molecule has 0 spiro atoms. The van der Waals surface area contributed by atoms with Gasteiger partial charge in [0.1, 0.15) is 5.75 Å². The molecule has 190 valence electrons. The van der Waals surface area contributed by atoms with E-state index in [0.29, 0.717) is 11.4 Å². The molecule has 1 saturated carbocycles. The number of nitrogens with one attached hydrogen (secondary N) is 1. The molecule has 2 N–H and O–H groups in total. The number of benzene rings is 1. The Morgan fingerprint density at radius 2 is 1.18 bits per heavy atom. The summed E-state index contributed by atoms with van der Waals surface area (Å²) in [5, 5.41) is 11.2. The summed E-state index contributed by atoms with van der Waals surface area (Å²) in [5.41, 5.74) is 1.70. The van der Waals surface area contributed by atoms with Crippen molar-refractivity contribution in [2.45, 2.75) is 130 Å². The maximum absolute atomic E-state index is 13.2. The van der Waals surface area contributed by atoms with Gasteiger partial charge in [-0.3, -0.25) is 4.72 Å². The monoisotopic (exact) mass is 479 g/mol. The molecule has 1 aromatic carbocycles. The van der Waals surface area contributed by atoms with Crippen LogP contribution in [-0.4, -0.2) is 18.8 Å². The van der Waals surface area contributed by atoms with Crippen LogP contribution in [0.2, 0.25) is 0 Å². The van der Waals surface area contributed by atoms with Gasteiger partial charge >= 0.3 is 0 Å². The largest absolute Gasteiger partial charge is 0.507 e. The van der Waals surface area contributed by atoms with E-state index in [0.717, 1.165) is 56.1 Å². The van der Waals surface area contributed by atoms with Crippen LogP contribution in [-0.2, 0) is 20.9 Å². The average molecular weight is 480 g/mol. The van der Waals surface area contributed by atoms with Crippen LogP contribution in [0.1, 0.15) is 125 Å². The van der Waals surface area contributed by atoms with Gasteiger partial charge in [0.25, 0.3) is 0 Å². The van der Waals surface area contributed by atoms with Crippen LogP contribution < -0.4 is 4.72 Å². The van der Waals surface area contributed by atoms with Crippen LogP contribution >= 0.6 is 0 Å². The summed E-state index contributed by atoms with van der Waals surface area (Å²) < 4.78 is 29.4. The minimum Gasteiger partial charge on any atom is -0.507 e. The lowest BCUT2D eigenvalue weighted by molar-refractivity contribution is 0.268. The van der Waals surface area contributed by atoms with Crippen LogP contribution in [0.15, 0.2) is 12.1 Å². The predicted molar refractivity (Wildman–Crippen MR) is 142 cm³/mol. The van der Waals surface area contributed by atoms with E-state index in [2.05, 4.69) is 74.0 Å². The number of sulfonamides is 1. The predicted octanol–water partition coefficient (Wildman–Crippen LogP) is 7.89. The van der Waals surface area contributed by atoms with Crippen molar-refractivity contribution in [3.8, 4) is 5.75 Å². The van der Waals surface area contributed by atoms with Crippen molar-refractivity contribution in [3.05, 3.63) is 23.3 Å². The van der Waals surface area contributed by atoms with Gasteiger partial charge in [0, 0.05) is 16.8 Å². The molecule has 5 heteroatoms. The standard InChI is InChI=1S/C28H49NO3S/c1-25(2,3)18-27(7,8)22-16-20(29-33(31,32)21-14-12-11-13-15-21)17-23(24(22)30)28(9,10)19-26(4,5)6/h16-17,21,29-30H,11-15,18-19H2,1-10H3. The van der Waals surface area contributed by atoms with Gasteiger partial charge in [-0.1, -0.05) is 88.5 Å². The maximum Gasteiger partial charge on any atom is 0.235 e. The zero-order valence-corrected chi connectivity index (χ0v) is 23.7. The number of anilines is 1. The Bertz CT molecular complexity index is 876. The lowest BCUT2D eigenvalue weighted by Gasteiger charge is -2.38. The highest BCUT2D eigenvalue weighted by atomic mass is 32.2. The maximum atomic E-state index is 13.2. The molecule has 0 bridgehead atoms. The van der Waals surface area contributed by atoms with Gasteiger partial charge in [0.2, 0.25) is 10.0 Å². The Balaban J connectivity index is 2.62. The normalized spacial score (nSPS) is 17.3. The molecule has 1 fully saturated rings. The fourth-order valence-corrected chi connectivity index (χ4v) is 7.76. The second kappa shape index (κ2) is 9.43. The zero-order chi connectivity index (χ0) is 25.5. The minimum atomic E-state index is -3.48. The quantitative estimate of drug-likeness (QED) is 0.391. The number of aromatic hydroxyl groups is 1. The molecule has 1 aliphatic rings. The van der Waals surface area contributed by atoms with Gasteiger partial charge in [-0.25, -0.2) is 8.42 Å². The first-order valence-corrected chi connectivity index (χ1v) is 14.2. The molecule has 2 rings (SSSR count). The van der Waals surface area contributed by atoms with E-state index < -0.39 is 10.0 Å². The van der Waals surface area contributed by atoms with E-state index in [1.807, 2.05) is 12.1 Å². The molecule has 0 saturated heterocycles. The summed E-state index contributed by atoms with van der Waals surface area (Å²) in [6, 6.07) is 3.75. The van der Waals surface area contributed by atoms with Crippen LogP contribution in [0, 0.1) is 10.8 Å². The molecule has 0 aromatic heterocycles. The smallest absolute Gasteiger partial charge is 0.235 e. The lowest BCUT2D eigenvalue weighted by atomic mass is 9.68. The van der Waals surface area contributed by atoms with Gasteiger partial charge in [-0.2, -0.15) is 0 Å². The van der Waals surface area contributed by atoms with Crippen molar-refractivity contribution in [1.29, 1.82) is 0 Å². The molecule has 0 unspecified atom stereocenters. The minimum absolute atomic E-state index is 0.0641. The highest BCUT2D eigenvalue weighted by molar-refractivity contribution is 7.93. The summed E-state index contributed by atoms with van der Waals surface area (Å²) in [5.74, 6) is 0.305. The van der Waals surface area contributed by atoms with Crippen molar-refractivity contribution in [1.82, 2.24) is 0 Å². The summed E-state index contributed by atoms with van der Waals surface area (Å²) in [4.78, 5) is 0. The first-order valence-electron chi connectivity index (χ1n) is 12.6. The molecule has 0 amide bonds. The molecule has 1 aromatic rings. The highest BCUT2D eigenvalue weighted by Crippen LogP contribution is 2.48. The summed E-state index contributed by atoms with van der Waals surface area (Å²) in [7, 11) is -3.48. The van der Waals surface area contributed by atoms with E-state index in [4.69, 9.17) is 0 Å². The Morgan fingerprint density at radius 1 is 0.788 bits per heavy atom. The number of hydrogen-bond donors (Lipinski definition) is 2. The molecular formula is C28H49NO3S. The first kappa shape index (κ1) is 28.0. The molecule has 4 nitrogen and oxygen atoms in total. The van der Waals surface area contributed by atoms with Crippen molar-refractivity contribution < 1.29 is 13.5 Å². The van der Waals surface area contributed by atoms with Crippen LogP contribution in [0.3, 0.4) is 0 Å². The van der Waals surface area contributed by atoms with Crippen LogP contribution in [0.25, 0.3) is 0 Å². The van der Waals surface area contributed by atoms with Gasteiger partial charge in [0.05, 0.1) is 5.25 Å². The first-order chi connectivity index (χ1) is 14.7. The summed E-state index contributed by atoms with van der Waals surface area (Å²) in [6.07, 6.45) is 6.22. The Hall–Kier alpha value is -1.23. The van der Waals surface area contributed by atoms with Crippen LogP contribution in [0.4, 0.5) is 5.69 Å². The Kier molecular flexibility index (Phi) is 8.01. The van der Waals surface area contributed by atoms with Crippen molar-refractivity contribution >= 4 is 15.7 Å². The fourth-order valence-electron chi connectivity index (χ4n) is 6.19. The Morgan fingerprint density at radius 3 is 1.55 bits per heavy atom. The van der Waals surface area contributed by atoms with E-state index in [1.165, 1.54) is 0 Å². The number of hydrogen-bond acceptors (Lipinski definition) is 3. The highest BCUT2D eigenvalue weighted by Gasteiger charge is 2.36. The molecule has 0 atom stereocenters. The molecule has 0 radical (unpaired) electrons. The third-order valence-corrected chi connectivity index (χ3v) is 8.63. The third kappa shape index (κ3) is 7.63. The molecule has 1 aliphatic carbocycles. The summed E-state index contributed by atoms with van der Waals surface area (Å²) in [6.45, 7) is 21.8. The van der Waals surface area contributed by atoms with E-state index in [9.17, 15) is 13.5 Å². The number of phenolic OH excluding ortho intramolecular Hbond substituents is 1. The summed E-state index contributed by atoms with van der Waals surface area (Å²) >= 11 is 0. The second-order valence-corrected chi connectivity index (χ2v) is 16.0. The van der Waals surface area contributed by atoms with E-state index in [-0.39, 0.29) is 26.9 Å². The van der Waals surface area contributed by atoms with Gasteiger partial charge in [0.15, 0.2) is 0 Å². The van der Waals surface area contributed by atoms with Crippen molar-refractivity contribution in [2.24, 2.45) is 10.8 Å². The SMILES string of the molecule is CC(C)(C)CC(C)(C)c1cc(NS(=O)(=O)C2CCCCC2)cc(C(C)(C)CC(C)(C)C)c1O. The second-order valence-electron chi connectivity index (χ2n) is 14.1. The van der Waals surface area contributed by atoms with Gasteiger partial charge in [-0.15, -0.1) is 0 Å². The number of phenols is 1. The van der Waals surface area contributed by atoms with Crippen molar-refractivity contribution in [3.63, 3.8) is 0 Å². The molecular weight excluding hydrogens is 430 g/mol. The topological polar surface area (TPSA) is 66.4 Å². The van der Waals surface area contributed by atoms with Crippen LogP contribution in [0.5, 0.6) is 5.75 Å². The third-order valence-electron chi connectivity index (χ3n) is 6.76. The molecule has 0 aliphatic heterocycles. The van der Waals surface area contributed by atoms with Gasteiger partial charge in [-0.05, 0) is 59.5 Å². The molecule has 0 heterocycles. The van der Waals surface area contributed by atoms with E-state index in [1.54, 1.807) is 0 Å². The fraction of sp³-hybridized carbons (Fsp3) is 0.786. The van der Waals surface area contributed by atoms with Crippen molar-refractivity contribution in [2.75, 3.05) is 4.72 Å². The van der Waals surface area contributed by atoms with Gasteiger partial charge < -0.3 is 5.11 Å². The lowest BCUT2D eigenvalue weighted by Crippen LogP contribution is -2.31. The average Bonchev–Trinajstić information content (AvgIpc) is 2.59. The molecule has 33 heavy (non-hydrogen) atoms. The zero-order valence-electron chi connectivity index (χ0n) is 22.9. The van der Waals surface area contributed by atoms with E-state index >= 15 is 0 Å². The Labute approximate surface area is 204 Å². The number of rotatable bonds is 7.